The lowest BCUT2D eigenvalue weighted by Gasteiger charge is -2.09. The number of aromatic carboxylic acids is 1. The van der Waals surface area contributed by atoms with Crippen LogP contribution in [0.4, 0.5) is 0 Å². The first-order chi connectivity index (χ1) is 36.6. The van der Waals surface area contributed by atoms with Crippen molar-refractivity contribution >= 4 is 71.2 Å². The standard InChI is InChI=1S/C28H30O7.C17H20O5.C11H12O3.CH2Cl2.2H2/c1-3-32-26(29)17-10-21-8-13-24(14-9-21)34-28(31)22-11-15-23(16-12-22)33-18-6-4-5-7-25-19-20(2)27(30)35-25;1-12-11-15(22-17(12)20)5-3-2-4-10-21-14-8-6-13(7-9-14)16(18)19;1-2-14-11(13)8-5-9-3-6-10(12)7-4-9;2-1-3;;/h8-17,25H,2-7,18-19H2,1H3;6-9,15H,1-5,10-11H2,(H,18,19);3-8,12H,2H2,1H3;1H2;2*1H/b17-10+;;8-5+;;;/i;;;;1+1D;1+1. The smallest absolute Gasteiger partial charge is 0.343 e. The fraction of sp³-hybridized carbons (Fsp3) is 0.333. The second-order valence-electron chi connectivity index (χ2n) is 16.2. The van der Waals surface area contributed by atoms with E-state index < -0.39 is 17.9 Å². The average molecular weight is 1070 g/mol. The van der Waals surface area contributed by atoms with Crippen LogP contribution in [0.2, 0.25) is 0 Å². The maximum atomic E-state index is 12.4. The molecule has 6 rings (SSSR count). The molecule has 0 spiro atoms. The van der Waals surface area contributed by atoms with Crippen molar-refractivity contribution in [1.82, 2.24) is 0 Å². The molecule has 17 heteroatoms. The van der Waals surface area contributed by atoms with E-state index in [4.69, 9.17) is 69.5 Å². The number of carbonyl (C=O) groups excluding carboxylic acids is 5. The molecule has 0 amide bonds. The molecule has 2 unspecified atom stereocenters. The molecule has 74 heavy (non-hydrogen) atoms. The predicted molar refractivity (Wildman–Crippen MR) is 287 cm³/mol. The van der Waals surface area contributed by atoms with Gasteiger partial charge in [-0.3, -0.25) is 0 Å². The topological polar surface area (TPSA) is 207 Å². The number of unbranched alkanes of at least 4 members (excludes halogenated alkanes) is 4. The van der Waals surface area contributed by atoms with Gasteiger partial charge in [0.05, 0.1) is 42.9 Å². The van der Waals surface area contributed by atoms with E-state index in [9.17, 15) is 28.8 Å². The molecule has 2 N–H and O–H groups in total. The Morgan fingerprint density at radius 1 is 0.622 bits per heavy atom. The number of hydrogen-bond donors (Lipinski definition) is 2. The van der Waals surface area contributed by atoms with Gasteiger partial charge in [0.1, 0.15) is 35.2 Å². The van der Waals surface area contributed by atoms with Gasteiger partial charge in [0, 0.05) is 40.5 Å². The first-order valence-corrected chi connectivity index (χ1v) is 25.1. The van der Waals surface area contributed by atoms with Gasteiger partial charge in [0.15, 0.2) is 0 Å². The lowest BCUT2D eigenvalue weighted by atomic mass is 10.1. The molecule has 2 saturated heterocycles. The molecule has 0 radical (unpaired) electrons. The number of carbonyl (C=O) groups is 6. The normalized spacial score (nSPS) is 14.6. The van der Waals surface area contributed by atoms with Crippen molar-refractivity contribution in [3.63, 3.8) is 0 Å². The van der Waals surface area contributed by atoms with Crippen molar-refractivity contribution < 1.29 is 76.5 Å². The highest BCUT2D eigenvalue weighted by Gasteiger charge is 2.27. The summed E-state index contributed by atoms with van der Waals surface area (Å²) in [5.41, 5.74) is 3.42. The minimum absolute atomic E-state index is 0. The van der Waals surface area contributed by atoms with Crippen LogP contribution in [0, 0.1) is 0 Å². The Labute approximate surface area is 446 Å². The summed E-state index contributed by atoms with van der Waals surface area (Å²) in [7, 11) is 0. The molecule has 0 saturated carbocycles. The molecular formula is C57H68Cl2O15. The fourth-order valence-corrected chi connectivity index (χ4v) is 6.76. The van der Waals surface area contributed by atoms with E-state index in [2.05, 4.69) is 13.2 Å². The molecule has 2 fully saturated rings. The van der Waals surface area contributed by atoms with Crippen LogP contribution in [-0.4, -0.2) is 90.0 Å². The number of carboxylic acid groups (broad SMARTS) is 1. The van der Waals surface area contributed by atoms with Crippen LogP contribution in [0.25, 0.3) is 12.2 Å². The zero-order valence-electron chi connectivity index (χ0n) is 43.7. The Morgan fingerprint density at radius 3 is 1.39 bits per heavy atom. The zero-order valence-corrected chi connectivity index (χ0v) is 43.2. The van der Waals surface area contributed by atoms with Gasteiger partial charge in [-0.05, 0) is 161 Å². The van der Waals surface area contributed by atoms with Crippen molar-refractivity contribution in [2.75, 3.05) is 31.8 Å². The van der Waals surface area contributed by atoms with Gasteiger partial charge in [-0.2, -0.15) is 0 Å². The largest absolute Gasteiger partial charge is 0.508 e. The van der Waals surface area contributed by atoms with Crippen molar-refractivity contribution in [2.24, 2.45) is 0 Å². The van der Waals surface area contributed by atoms with Gasteiger partial charge in [-0.1, -0.05) is 37.4 Å². The van der Waals surface area contributed by atoms with Gasteiger partial charge in [-0.15, -0.1) is 23.2 Å². The van der Waals surface area contributed by atoms with Gasteiger partial charge in [0.2, 0.25) is 0 Å². The number of hydrogen-bond acceptors (Lipinski definition) is 14. The number of phenols is 1. The number of halogens is 2. The van der Waals surface area contributed by atoms with Gasteiger partial charge >= 0.3 is 35.8 Å². The summed E-state index contributed by atoms with van der Waals surface area (Å²) < 4.78 is 46.6. The summed E-state index contributed by atoms with van der Waals surface area (Å²) in [5.74, 6) is -0.758. The van der Waals surface area contributed by atoms with Crippen molar-refractivity contribution in [1.29, 1.82) is 0 Å². The van der Waals surface area contributed by atoms with Crippen LogP contribution in [0.3, 0.4) is 0 Å². The molecule has 2 heterocycles. The number of benzene rings is 4. The van der Waals surface area contributed by atoms with E-state index in [1.807, 2.05) is 0 Å². The first kappa shape index (κ1) is 59.2. The van der Waals surface area contributed by atoms with Crippen LogP contribution < -0.4 is 14.2 Å². The minimum Gasteiger partial charge on any atom is -0.508 e. The molecule has 0 aliphatic carbocycles. The molecule has 4 aromatic carbocycles. The zero-order chi connectivity index (χ0) is 56.1. The Morgan fingerprint density at radius 2 is 1.01 bits per heavy atom. The van der Waals surface area contributed by atoms with Crippen LogP contribution >= 0.6 is 23.2 Å². The third-order valence-corrected chi connectivity index (χ3v) is 10.5. The highest BCUT2D eigenvalue weighted by molar-refractivity contribution is 6.40. The number of aromatic hydroxyl groups is 1. The van der Waals surface area contributed by atoms with Crippen LogP contribution in [0.1, 0.15) is 114 Å². The quantitative estimate of drug-likeness (QED) is 0.0177. The number of alkyl halides is 2. The molecule has 0 bridgehead atoms. The molecular weight excluding hydrogens is 996 g/mol. The van der Waals surface area contributed by atoms with E-state index in [0.29, 0.717) is 73.2 Å². The molecule has 2 atom stereocenters. The Bertz CT molecular complexity index is 2450. The monoisotopic (exact) mass is 1070 g/mol. The Hall–Kier alpha value is -7.36. The summed E-state index contributed by atoms with van der Waals surface area (Å²) >= 11 is 9.53. The molecule has 2 aliphatic rings. The number of carboxylic acids is 1. The molecule has 15 nitrogen and oxygen atoms in total. The second-order valence-corrected chi connectivity index (χ2v) is 17.0. The fourth-order valence-electron chi connectivity index (χ4n) is 6.76. The lowest BCUT2D eigenvalue weighted by Crippen LogP contribution is -2.08. The first-order valence-electron chi connectivity index (χ1n) is 25.0. The van der Waals surface area contributed by atoms with Crippen molar-refractivity contribution in [3.8, 4) is 23.0 Å². The summed E-state index contributed by atoms with van der Waals surface area (Å²) in [6, 6.07) is 26.5. The number of phenolic OH excluding ortho intramolecular Hbond substituents is 1. The maximum absolute atomic E-state index is 12.4. The van der Waals surface area contributed by atoms with E-state index in [1.54, 1.807) is 111 Å². The van der Waals surface area contributed by atoms with Crippen molar-refractivity contribution in [2.45, 2.75) is 90.3 Å². The van der Waals surface area contributed by atoms with Gasteiger partial charge in [0.25, 0.3) is 0 Å². The number of esters is 5. The summed E-state index contributed by atoms with van der Waals surface area (Å²) in [6.45, 7) is 12.7. The van der Waals surface area contributed by atoms with Crippen molar-refractivity contribution in [3.05, 3.63) is 156 Å². The lowest BCUT2D eigenvalue weighted by molar-refractivity contribution is -0.140. The minimum atomic E-state index is -0.943. The maximum Gasteiger partial charge on any atom is 0.343 e. The third-order valence-electron chi connectivity index (χ3n) is 10.5. The van der Waals surface area contributed by atoms with E-state index in [-0.39, 0.29) is 48.2 Å². The average Bonchev–Trinajstić information content (AvgIpc) is 3.92. The SMILES string of the molecule is C=C1CC(CCCCCOc2ccc(C(=O)O)cc2)OC1=O.C=C1CC(CCCCCOc2ccc(C(=O)Oc3ccc(/C=C/C(=O)OCC)cc3)cc2)OC1=O.CCOC(=O)/C=C/c1ccc(O)cc1.ClCCl.[2HH].[2H][2H]. The van der Waals surface area contributed by atoms with Gasteiger partial charge in [-0.25, -0.2) is 28.8 Å². The molecule has 400 valence electrons. The van der Waals surface area contributed by atoms with Crippen LogP contribution in [0.5, 0.6) is 23.0 Å². The number of cyclic esters (lactones) is 2. The number of rotatable bonds is 23. The summed E-state index contributed by atoms with van der Waals surface area (Å²) in [6.07, 6.45) is 14.6. The highest BCUT2D eigenvalue weighted by atomic mass is 35.5. The Kier molecular flexibility index (Phi) is 27.9. The Balaban J connectivity index is 0.000000601. The number of ether oxygens (including phenoxy) is 7. The van der Waals surface area contributed by atoms with Crippen LogP contribution in [0.15, 0.2) is 134 Å². The van der Waals surface area contributed by atoms with Gasteiger partial charge < -0.3 is 43.4 Å². The third kappa shape index (κ3) is 24.9. The second kappa shape index (κ2) is 34.9. The summed E-state index contributed by atoms with van der Waals surface area (Å²) in [4.78, 5) is 67.9. The van der Waals surface area contributed by atoms with E-state index >= 15 is 0 Å². The molecule has 4 aromatic rings. The van der Waals surface area contributed by atoms with E-state index in [0.717, 1.165) is 62.5 Å². The summed E-state index contributed by atoms with van der Waals surface area (Å²) in [5, 5.41) is 18.0. The molecule has 2 aliphatic heterocycles. The van der Waals surface area contributed by atoms with Crippen LogP contribution in [-0.2, 0) is 38.1 Å². The molecule has 0 aromatic heterocycles. The predicted octanol–water partition coefficient (Wildman–Crippen LogP) is 12.4. The van der Waals surface area contributed by atoms with E-state index in [1.165, 1.54) is 24.3 Å². The highest BCUT2D eigenvalue weighted by Crippen LogP contribution is 2.25.